The zero-order valence-corrected chi connectivity index (χ0v) is 21.3. The molecule has 0 aromatic heterocycles. The number of carbonyl (C=O) groups is 1. The summed E-state index contributed by atoms with van der Waals surface area (Å²) < 4.78 is 0.0168. The fourth-order valence-corrected chi connectivity index (χ4v) is 8.74. The molecule has 4 aromatic carbocycles. The summed E-state index contributed by atoms with van der Waals surface area (Å²) in [5.74, 6) is 0. The molecule has 34 heavy (non-hydrogen) atoms. The van der Waals surface area contributed by atoms with E-state index in [1.807, 2.05) is 84.9 Å². The quantitative estimate of drug-likeness (QED) is 0.265. The fourth-order valence-electron chi connectivity index (χ4n) is 3.84. The number of nitrogens with one attached hydrogen (secondary N) is 2. The Balaban J connectivity index is 0.00000324. The van der Waals surface area contributed by atoms with Crippen LogP contribution in [0.5, 0.6) is 0 Å². The summed E-state index contributed by atoms with van der Waals surface area (Å²) in [7, 11) is -2.63. The highest BCUT2D eigenvalue weighted by Gasteiger charge is 2.52. The maximum absolute atomic E-state index is 13.1. The summed E-state index contributed by atoms with van der Waals surface area (Å²) in [6, 6.07) is 39.0. The molecule has 4 rings (SSSR count). The van der Waals surface area contributed by atoms with Gasteiger partial charge in [-0.05, 0) is 48.5 Å². The maximum Gasteiger partial charge on any atom is 0.326 e. The summed E-state index contributed by atoms with van der Waals surface area (Å²) in [4.78, 5) is 13.1. The molecule has 0 saturated heterocycles. The monoisotopic (exact) mass is 527 g/mol. The van der Waals surface area contributed by atoms with Crippen molar-refractivity contribution < 1.29 is 4.79 Å². The molecule has 0 fully saturated rings. The number of para-hydroxylation sites is 1. The molecule has 4 aromatic rings. The molecule has 0 aliphatic heterocycles. The first-order valence-electron chi connectivity index (χ1n) is 10.4. The smallest absolute Gasteiger partial charge is 0.308 e. The Bertz CT molecular complexity index is 1140. The number of urea groups is 1. The Kier molecular flexibility index (Phi) is 9.15. The second-order valence-corrected chi connectivity index (χ2v) is 11.5. The van der Waals surface area contributed by atoms with Gasteiger partial charge in [-0.3, -0.25) is 5.32 Å². The van der Waals surface area contributed by atoms with Crippen LogP contribution in [0, 0.1) is 0 Å². The van der Waals surface area contributed by atoms with Crippen molar-refractivity contribution in [3.05, 3.63) is 131 Å². The molecule has 0 aliphatic rings. The third-order valence-corrected chi connectivity index (χ3v) is 10.1. The van der Waals surface area contributed by atoms with Gasteiger partial charge in [0.05, 0.1) is 0 Å². The minimum Gasteiger partial charge on any atom is -0.308 e. The van der Waals surface area contributed by atoms with Gasteiger partial charge < -0.3 is 5.32 Å². The predicted molar refractivity (Wildman–Crippen MR) is 150 cm³/mol. The zero-order chi connectivity index (χ0) is 23.1. The normalized spacial score (nSPS) is 10.5. The second kappa shape index (κ2) is 12.1. The summed E-state index contributed by atoms with van der Waals surface area (Å²) >= 11 is 13.1. The number of rotatable bonds is 6. The minimum absolute atomic E-state index is 0. The van der Waals surface area contributed by atoms with Crippen molar-refractivity contribution in [2.24, 2.45) is 0 Å². The molecule has 0 unspecified atom stereocenters. The molecule has 7 heteroatoms. The first-order valence-corrected chi connectivity index (χ1v) is 12.9. The molecular formula is C27H23Cl3N2OP+. The van der Waals surface area contributed by atoms with Crippen LogP contribution in [-0.2, 0) is 0 Å². The topological polar surface area (TPSA) is 41.1 Å². The molecule has 0 saturated carbocycles. The molecule has 2 N–H and O–H groups in total. The van der Waals surface area contributed by atoms with Crippen molar-refractivity contribution in [3.8, 4) is 0 Å². The average molecular weight is 529 g/mol. The van der Waals surface area contributed by atoms with Crippen molar-refractivity contribution in [2.75, 3.05) is 5.32 Å². The molecule has 0 atom stereocenters. The van der Waals surface area contributed by atoms with Gasteiger partial charge in [-0.1, -0.05) is 96.0 Å². The molecule has 3 nitrogen and oxygen atoms in total. The van der Waals surface area contributed by atoms with E-state index in [9.17, 15) is 4.79 Å². The lowest BCUT2D eigenvalue weighted by Crippen LogP contribution is -2.39. The highest BCUT2D eigenvalue weighted by atomic mass is 35.5. The largest absolute Gasteiger partial charge is 0.326 e. The van der Waals surface area contributed by atoms with Gasteiger partial charge >= 0.3 is 6.03 Å². The first kappa shape index (κ1) is 25.8. The number of hydrogen-bond acceptors (Lipinski definition) is 1. The van der Waals surface area contributed by atoms with Crippen LogP contribution in [-0.4, -0.2) is 6.03 Å². The van der Waals surface area contributed by atoms with Gasteiger partial charge in [0.15, 0.2) is 11.8 Å². The van der Waals surface area contributed by atoms with E-state index in [1.165, 1.54) is 0 Å². The van der Waals surface area contributed by atoms with Crippen LogP contribution in [0.1, 0.15) is 0 Å². The molecule has 0 radical (unpaired) electrons. The van der Waals surface area contributed by atoms with Crippen molar-refractivity contribution in [1.29, 1.82) is 0 Å². The number of anilines is 1. The predicted octanol–water partition coefficient (Wildman–Crippen LogP) is 6.83. The van der Waals surface area contributed by atoms with Crippen LogP contribution in [0.3, 0.4) is 0 Å². The van der Waals surface area contributed by atoms with E-state index in [0.29, 0.717) is 11.1 Å². The third kappa shape index (κ3) is 5.46. The van der Waals surface area contributed by atoms with Gasteiger partial charge in [0.1, 0.15) is 15.9 Å². The van der Waals surface area contributed by atoms with E-state index in [4.69, 9.17) is 23.2 Å². The number of hydrogen-bond donors (Lipinski definition) is 2. The van der Waals surface area contributed by atoms with E-state index in [0.717, 1.165) is 15.9 Å². The Morgan fingerprint density at radius 2 is 0.941 bits per heavy atom. The third-order valence-electron chi connectivity index (χ3n) is 5.21. The van der Waals surface area contributed by atoms with Crippen LogP contribution in [0.2, 0.25) is 0 Å². The van der Waals surface area contributed by atoms with E-state index in [1.54, 1.807) is 0 Å². The van der Waals surface area contributed by atoms with Crippen LogP contribution in [0.25, 0.3) is 0 Å². The molecule has 172 valence electrons. The summed E-state index contributed by atoms with van der Waals surface area (Å²) in [5, 5.41) is 8.96. The highest BCUT2D eigenvalue weighted by molar-refractivity contribution is 7.99. The average Bonchev–Trinajstić information content (AvgIpc) is 2.86. The van der Waals surface area contributed by atoms with Crippen molar-refractivity contribution in [3.63, 3.8) is 0 Å². The van der Waals surface area contributed by atoms with Crippen molar-refractivity contribution in [1.82, 2.24) is 5.32 Å². The van der Waals surface area contributed by atoms with Gasteiger partial charge in [0.25, 0.3) is 0 Å². The standard InChI is InChI=1S/C27H21Cl2N2OP.ClH/c28-25(29)26(31-27(32)30-21-13-5-1-6-14-21)33(22-15-7-2-8-16-22,23-17-9-3-10-18-23)24-19-11-4-12-20-24;/h1-20H,(H-,30,31,32);1H/p+1. The molecule has 0 spiro atoms. The van der Waals surface area contributed by atoms with Gasteiger partial charge in [0.2, 0.25) is 5.44 Å². The van der Waals surface area contributed by atoms with Crippen molar-refractivity contribution >= 4 is 70.5 Å². The summed E-state index contributed by atoms with van der Waals surface area (Å²) in [5.41, 5.74) is 1.14. The lowest BCUT2D eigenvalue weighted by atomic mass is 10.3. The first-order chi connectivity index (χ1) is 16.1. The summed E-state index contributed by atoms with van der Waals surface area (Å²) in [6.45, 7) is 0. The lowest BCUT2D eigenvalue weighted by Gasteiger charge is -2.29. The van der Waals surface area contributed by atoms with Crippen LogP contribution in [0.4, 0.5) is 10.5 Å². The number of benzene rings is 4. The van der Waals surface area contributed by atoms with Gasteiger partial charge in [-0.2, -0.15) is 0 Å². The Morgan fingerprint density at radius 1 is 0.588 bits per heavy atom. The van der Waals surface area contributed by atoms with E-state index in [-0.39, 0.29) is 16.9 Å². The SMILES string of the molecule is Cl.O=C(NC(=C(Cl)Cl)[P+](c1ccccc1)(c1ccccc1)c1ccccc1)Nc1ccccc1. The van der Waals surface area contributed by atoms with Crippen LogP contribution < -0.4 is 26.5 Å². The highest BCUT2D eigenvalue weighted by Crippen LogP contribution is 2.62. The van der Waals surface area contributed by atoms with E-state index in [2.05, 4.69) is 47.0 Å². The van der Waals surface area contributed by atoms with Crippen LogP contribution in [0.15, 0.2) is 131 Å². The fraction of sp³-hybridized carbons (Fsp3) is 0. The van der Waals surface area contributed by atoms with Crippen molar-refractivity contribution in [2.45, 2.75) is 0 Å². The number of amides is 2. The Morgan fingerprint density at radius 3 is 1.29 bits per heavy atom. The van der Waals surface area contributed by atoms with Crippen LogP contribution >= 0.6 is 42.9 Å². The molecule has 2 amide bonds. The second-order valence-electron chi connectivity index (χ2n) is 7.23. The van der Waals surface area contributed by atoms with E-state index >= 15 is 0 Å². The molecular weight excluding hydrogens is 506 g/mol. The molecule has 0 bridgehead atoms. The number of halogens is 3. The summed E-state index contributed by atoms with van der Waals surface area (Å²) in [6.07, 6.45) is 0. The maximum atomic E-state index is 13.1. The number of carbonyl (C=O) groups excluding carboxylic acids is 1. The Labute approximate surface area is 216 Å². The lowest BCUT2D eigenvalue weighted by molar-refractivity contribution is 0.255. The molecule has 0 heterocycles. The zero-order valence-electron chi connectivity index (χ0n) is 18.1. The van der Waals surface area contributed by atoms with E-state index < -0.39 is 13.3 Å². The van der Waals surface area contributed by atoms with Gasteiger partial charge in [-0.25, -0.2) is 4.79 Å². The Hall–Kier alpha value is -2.81. The van der Waals surface area contributed by atoms with Gasteiger partial charge in [0, 0.05) is 5.69 Å². The minimum atomic E-state index is -2.63. The van der Waals surface area contributed by atoms with Gasteiger partial charge in [-0.15, -0.1) is 12.4 Å². The molecule has 0 aliphatic carbocycles.